The summed E-state index contributed by atoms with van der Waals surface area (Å²) in [6.45, 7) is -0.121. The van der Waals surface area contributed by atoms with E-state index < -0.39 is 0 Å². The van der Waals surface area contributed by atoms with Gasteiger partial charge in [-0.25, -0.2) is 9.78 Å². The number of hydrogen-bond acceptors (Lipinski definition) is 3. The minimum Gasteiger partial charge on any atom is -0.388 e. The average Bonchev–Trinajstić information content (AvgIpc) is 2.83. The molecule has 0 fully saturated rings. The molecule has 0 saturated heterocycles. The molecule has 0 aliphatic carbocycles. The van der Waals surface area contributed by atoms with Gasteiger partial charge in [-0.05, 0) is 12.1 Å². The summed E-state index contributed by atoms with van der Waals surface area (Å²) < 4.78 is 3.18. The van der Waals surface area contributed by atoms with Crippen LogP contribution < -0.4 is 5.69 Å². The Balaban J connectivity index is 2.48. The molecular formula is C11H12N4O2. The van der Waals surface area contributed by atoms with E-state index >= 15 is 0 Å². The van der Waals surface area contributed by atoms with Crippen LogP contribution >= 0.6 is 0 Å². The summed E-state index contributed by atoms with van der Waals surface area (Å²) in [7, 11) is 3.47. The Morgan fingerprint density at radius 1 is 1.29 bits per heavy atom. The number of rotatable bonds is 1. The molecular weight excluding hydrogens is 220 g/mol. The summed E-state index contributed by atoms with van der Waals surface area (Å²) in [6.07, 6.45) is 0. The topological polar surface area (TPSA) is 75.8 Å². The number of fused-ring (bicyclic) bond motifs is 2. The second kappa shape index (κ2) is 3.21. The van der Waals surface area contributed by atoms with Gasteiger partial charge in [-0.3, -0.25) is 9.13 Å². The lowest BCUT2D eigenvalue weighted by Crippen LogP contribution is -2.19. The fraction of sp³-hybridized carbons (Fsp3) is 0.273. The molecule has 0 saturated carbocycles. The maximum atomic E-state index is 11.8. The summed E-state index contributed by atoms with van der Waals surface area (Å²) in [5.41, 5.74) is 3.19. The summed E-state index contributed by atoms with van der Waals surface area (Å²) in [5.74, 6) is 0.528. The molecule has 0 aliphatic heterocycles. The highest BCUT2D eigenvalue weighted by atomic mass is 16.3. The zero-order valence-electron chi connectivity index (χ0n) is 9.56. The number of aryl methyl sites for hydroxylation is 2. The molecule has 0 spiro atoms. The maximum Gasteiger partial charge on any atom is 0.328 e. The first-order valence-electron chi connectivity index (χ1n) is 5.26. The number of nitrogens with one attached hydrogen (secondary N) is 1. The first-order chi connectivity index (χ1) is 8.11. The van der Waals surface area contributed by atoms with Crippen LogP contribution in [0.1, 0.15) is 5.82 Å². The number of nitrogens with zero attached hydrogens (tertiary/aromatic N) is 3. The van der Waals surface area contributed by atoms with Crippen LogP contribution in [0.15, 0.2) is 16.9 Å². The molecule has 2 N–H and O–H groups in total. The van der Waals surface area contributed by atoms with Crippen molar-refractivity contribution in [2.45, 2.75) is 6.61 Å². The first-order valence-corrected chi connectivity index (χ1v) is 5.26. The predicted octanol–water partition coefficient (Wildman–Crippen LogP) is 0.246. The van der Waals surface area contributed by atoms with Gasteiger partial charge in [-0.2, -0.15) is 0 Å². The Hall–Kier alpha value is -2.08. The second-order valence-corrected chi connectivity index (χ2v) is 4.10. The van der Waals surface area contributed by atoms with Gasteiger partial charge in [0.25, 0.3) is 0 Å². The van der Waals surface area contributed by atoms with E-state index in [9.17, 15) is 4.79 Å². The van der Waals surface area contributed by atoms with Crippen molar-refractivity contribution in [3.05, 3.63) is 28.4 Å². The Morgan fingerprint density at radius 2 is 1.94 bits per heavy atom. The third kappa shape index (κ3) is 1.24. The van der Waals surface area contributed by atoms with E-state index in [0.29, 0.717) is 5.82 Å². The van der Waals surface area contributed by atoms with Crippen LogP contribution in [0.4, 0.5) is 0 Å². The number of benzene rings is 1. The molecule has 88 valence electrons. The third-order valence-electron chi connectivity index (χ3n) is 3.07. The van der Waals surface area contributed by atoms with Gasteiger partial charge in [0.15, 0.2) is 0 Å². The highest BCUT2D eigenvalue weighted by Gasteiger charge is 2.10. The lowest BCUT2D eigenvalue weighted by Gasteiger charge is -1.94. The average molecular weight is 232 g/mol. The van der Waals surface area contributed by atoms with Crippen LogP contribution in [0.5, 0.6) is 0 Å². The van der Waals surface area contributed by atoms with E-state index in [2.05, 4.69) is 9.97 Å². The zero-order chi connectivity index (χ0) is 12.2. The molecule has 6 nitrogen and oxygen atoms in total. The fourth-order valence-corrected chi connectivity index (χ4v) is 2.13. The summed E-state index contributed by atoms with van der Waals surface area (Å²) in [6, 6.07) is 3.72. The monoisotopic (exact) mass is 232 g/mol. The number of aromatic nitrogens is 4. The molecule has 0 amide bonds. The second-order valence-electron chi connectivity index (χ2n) is 4.10. The third-order valence-corrected chi connectivity index (χ3v) is 3.07. The normalized spacial score (nSPS) is 11.7. The van der Waals surface area contributed by atoms with Gasteiger partial charge in [0.2, 0.25) is 0 Å². The number of hydrogen-bond donors (Lipinski definition) is 2. The highest BCUT2D eigenvalue weighted by Crippen LogP contribution is 2.19. The largest absolute Gasteiger partial charge is 0.388 e. The van der Waals surface area contributed by atoms with Crippen LogP contribution in [0.2, 0.25) is 0 Å². The van der Waals surface area contributed by atoms with Crippen molar-refractivity contribution in [2.24, 2.45) is 14.1 Å². The summed E-state index contributed by atoms with van der Waals surface area (Å²) in [4.78, 5) is 19.0. The molecule has 3 aromatic rings. The standard InChI is InChI=1S/C11H12N4O2/c1-14-8-3-6-7(13-10(5-16)12-6)4-9(8)15(2)11(14)17/h3-4,16H,5H2,1-2H3,(H,12,13). The van der Waals surface area contributed by atoms with E-state index in [1.165, 1.54) is 0 Å². The Bertz CT molecular complexity index is 718. The number of aromatic amines is 1. The van der Waals surface area contributed by atoms with Crippen LogP contribution in [0.25, 0.3) is 22.1 Å². The molecule has 2 aromatic heterocycles. The Morgan fingerprint density at radius 3 is 2.59 bits per heavy atom. The van der Waals surface area contributed by atoms with Crippen LogP contribution in [0, 0.1) is 0 Å². The number of aliphatic hydroxyl groups excluding tert-OH is 1. The fourth-order valence-electron chi connectivity index (χ4n) is 2.13. The first kappa shape index (κ1) is 10.1. The van der Waals surface area contributed by atoms with Crippen molar-refractivity contribution >= 4 is 22.1 Å². The van der Waals surface area contributed by atoms with Crippen LogP contribution in [-0.2, 0) is 20.7 Å². The highest BCUT2D eigenvalue weighted by molar-refractivity contribution is 5.91. The van der Waals surface area contributed by atoms with E-state index in [-0.39, 0.29) is 12.3 Å². The van der Waals surface area contributed by atoms with Crippen LogP contribution in [0.3, 0.4) is 0 Å². The molecule has 0 bridgehead atoms. The molecule has 1 aromatic carbocycles. The molecule has 0 radical (unpaired) electrons. The lowest BCUT2D eigenvalue weighted by atomic mass is 10.2. The molecule has 3 rings (SSSR count). The van der Waals surface area contributed by atoms with Crippen molar-refractivity contribution in [3.8, 4) is 0 Å². The van der Waals surface area contributed by atoms with E-state index in [0.717, 1.165) is 22.1 Å². The molecule has 6 heteroatoms. The Kier molecular flexibility index (Phi) is 1.90. The molecule has 0 unspecified atom stereocenters. The van der Waals surface area contributed by atoms with Gasteiger partial charge in [0.1, 0.15) is 12.4 Å². The number of aliphatic hydroxyl groups is 1. The summed E-state index contributed by atoms with van der Waals surface area (Å²) in [5, 5.41) is 9.03. The van der Waals surface area contributed by atoms with E-state index in [1.807, 2.05) is 12.1 Å². The van der Waals surface area contributed by atoms with Crippen molar-refractivity contribution in [1.82, 2.24) is 19.1 Å². The van der Waals surface area contributed by atoms with E-state index in [1.54, 1.807) is 23.2 Å². The maximum absolute atomic E-state index is 11.8. The Labute approximate surface area is 96.1 Å². The molecule has 17 heavy (non-hydrogen) atoms. The van der Waals surface area contributed by atoms with Gasteiger partial charge in [-0.1, -0.05) is 0 Å². The minimum absolute atomic E-state index is 0.0602. The number of imidazole rings is 2. The van der Waals surface area contributed by atoms with Gasteiger partial charge in [0.05, 0.1) is 22.1 Å². The van der Waals surface area contributed by atoms with Gasteiger partial charge < -0.3 is 10.1 Å². The van der Waals surface area contributed by atoms with Crippen molar-refractivity contribution in [1.29, 1.82) is 0 Å². The quantitative estimate of drug-likeness (QED) is 0.631. The van der Waals surface area contributed by atoms with E-state index in [4.69, 9.17) is 5.11 Å². The molecule has 0 aliphatic rings. The number of H-pyrrole nitrogens is 1. The van der Waals surface area contributed by atoms with Gasteiger partial charge in [0, 0.05) is 14.1 Å². The smallest absolute Gasteiger partial charge is 0.328 e. The van der Waals surface area contributed by atoms with Gasteiger partial charge >= 0.3 is 5.69 Å². The SMILES string of the molecule is Cn1c(=O)n(C)c2cc3[nH]c(CO)nc3cc21. The molecule has 0 atom stereocenters. The van der Waals surface area contributed by atoms with Gasteiger partial charge in [-0.15, -0.1) is 0 Å². The van der Waals surface area contributed by atoms with Crippen molar-refractivity contribution in [3.63, 3.8) is 0 Å². The zero-order valence-corrected chi connectivity index (χ0v) is 9.56. The summed E-state index contributed by atoms with van der Waals surface area (Å²) >= 11 is 0. The predicted molar refractivity (Wildman–Crippen MR) is 63.7 cm³/mol. The minimum atomic E-state index is -0.121. The lowest BCUT2D eigenvalue weighted by molar-refractivity contribution is 0.273. The van der Waals surface area contributed by atoms with Crippen molar-refractivity contribution < 1.29 is 5.11 Å². The van der Waals surface area contributed by atoms with Crippen LogP contribution in [-0.4, -0.2) is 24.2 Å². The van der Waals surface area contributed by atoms with Crippen molar-refractivity contribution in [2.75, 3.05) is 0 Å². The molecule has 2 heterocycles.